The van der Waals surface area contributed by atoms with Crippen LogP contribution in [0, 0.1) is 11.2 Å². The maximum absolute atomic E-state index is 13.1. The summed E-state index contributed by atoms with van der Waals surface area (Å²) in [6.45, 7) is 9.79. The number of rotatable bonds is 3. The third-order valence-corrected chi connectivity index (χ3v) is 4.99. The second-order valence-corrected chi connectivity index (χ2v) is 7.00. The zero-order chi connectivity index (χ0) is 14.9. The molecule has 0 amide bonds. The molecule has 0 radical (unpaired) electrons. The van der Waals surface area contributed by atoms with Crippen molar-refractivity contribution >= 4 is 17.3 Å². The average Bonchev–Trinajstić information content (AvgIpc) is 2.87. The molecule has 2 aliphatic rings. The van der Waals surface area contributed by atoms with Gasteiger partial charge in [0.25, 0.3) is 0 Å². The van der Waals surface area contributed by atoms with Crippen molar-refractivity contribution < 1.29 is 4.39 Å². The molecule has 116 valence electrons. The highest BCUT2D eigenvalue weighted by Gasteiger charge is 2.31. The van der Waals surface area contributed by atoms with Gasteiger partial charge < -0.3 is 10.2 Å². The smallest absolute Gasteiger partial charge is 0.124 e. The minimum atomic E-state index is -0.274. The van der Waals surface area contributed by atoms with E-state index in [1.54, 1.807) is 6.07 Å². The van der Waals surface area contributed by atoms with Crippen molar-refractivity contribution in [2.45, 2.75) is 13.3 Å². The van der Waals surface area contributed by atoms with Gasteiger partial charge in [0.1, 0.15) is 5.82 Å². The first-order chi connectivity index (χ1) is 10.1. The van der Waals surface area contributed by atoms with Gasteiger partial charge in [0.15, 0.2) is 0 Å². The molecule has 3 rings (SSSR count). The van der Waals surface area contributed by atoms with E-state index >= 15 is 0 Å². The van der Waals surface area contributed by atoms with Crippen molar-refractivity contribution in [3.63, 3.8) is 0 Å². The van der Waals surface area contributed by atoms with E-state index in [2.05, 4.69) is 22.0 Å². The monoisotopic (exact) mass is 311 g/mol. The molecular weight excluding hydrogens is 289 g/mol. The van der Waals surface area contributed by atoms with E-state index in [9.17, 15) is 4.39 Å². The molecule has 1 atom stereocenters. The van der Waals surface area contributed by atoms with Crippen LogP contribution >= 0.6 is 11.6 Å². The van der Waals surface area contributed by atoms with Gasteiger partial charge >= 0.3 is 0 Å². The highest BCUT2D eigenvalue weighted by Crippen LogP contribution is 2.29. The SMILES string of the molecule is CC1(CN2CCN(c3ccc(F)cc3Cl)CC2)CCNC1. The minimum Gasteiger partial charge on any atom is -0.368 e. The van der Waals surface area contributed by atoms with E-state index in [1.165, 1.54) is 18.6 Å². The van der Waals surface area contributed by atoms with Gasteiger partial charge in [0.05, 0.1) is 10.7 Å². The van der Waals surface area contributed by atoms with E-state index < -0.39 is 0 Å². The minimum absolute atomic E-state index is 0.274. The molecule has 0 aliphatic carbocycles. The zero-order valence-electron chi connectivity index (χ0n) is 12.5. The Morgan fingerprint density at radius 3 is 2.67 bits per heavy atom. The first-order valence-corrected chi connectivity index (χ1v) is 8.07. The van der Waals surface area contributed by atoms with Crippen LogP contribution in [0.25, 0.3) is 0 Å². The molecule has 0 saturated carbocycles. The predicted molar refractivity (Wildman–Crippen MR) is 85.7 cm³/mol. The first kappa shape index (κ1) is 15.1. The summed E-state index contributed by atoms with van der Waals surface area (Å²) < 4.78 is 13.1. The Morgan fingerprint density at radius 2 is 2.05 bits per heavy atom. The van der Waals surface area contributed by atoms with E-state index in [1.807, 2.05) is 0 Å². The number of piperazine rings is 1. The topological polar surface area (TPSA) is 18.5 Å². The van der Waals surface area contributed by atoms with Crippen LogP contribution in [0.15, 0.2) is 18.2 Å². The molecular formula is C16H23ClFN3. The Balaban J connectivity index is 1.57. The lowest BCUT2D eigenvalue weighted by Crippen LogP contribution is -2.50. The Morgan fingerprint density at radius 1 is 1.29 bits per heavy atom. The van der Waals surface area contributed by atoms with Crippen molar-refractivity contribution in [2.75, 3.05) is 50.7 Å². The molecule has 2 aliphatic heterocycles. The van der Waals surface area contributed by atoms with Crippen LogP contribution in [0.2, 0.25) is 5.02 Å². The molecule has 2 fully saturated rings. The Labute approximate surface area is 131 Å². The Kier molecular flexibility index (Phi) is 4.38. The average molecular weight is 312 g/mol. The zero-order valence-corrected chi connectivity index (χ0v) is 13.3. The van der Waals surface area contributed by atoms with Gasteiger partial charge in [-0.15, -0.1) is 0 Å². The molecule has 3 nitrogen and oxygen atoms in total. The maximum atomic E-state index is 13.1. The number of nitrogens with one attached hydrogen (secondary N) is 1. The molecule has 21 heavy (non-hydrogen) atoms. The van der Waals surface area contributed by atoms with E-state index in [0.29, 0.717) is 10.4 Å². The van der Waals surface area contributed by atoms with Crippen LogP contribution in [0.3, 0.4) is 0 Å². The van der Waals surface area contributed by atoms with Crippen molar-refractivity contribution in [3.05, 3.63) is 29.0 Å². The summed E-state index contributed by atoms with van der Waals surface area (Å²) in [4.78, 5) is 4.80. The Bertz CT molecular complexity index is 494. The number of hydrogen-bond donors (Lipinski definition) is 1. The van der Waals surface area contributed by atoms with Crippen LogP contribution in [-0.2, 0) is 0 Å². The molecule has 0 aromatic heterocycles. The molecule has 2 saturated heterocycles. The predicted octanol–water partition coefficient (Wildman–Crippen LogP) is 2.60. The summed E-state index contributed by atoms with van der Waals surface area (Å²) in [5, 5.41) is 3.97. The molecule has 1 unspecified atom stereocenters. The van der Waals surface area contributed by atoms with Gasteiger partial charge in [0, 0.05) is 39.3 Å². The molecule has 2 heterocycles. The number of benzene rings is 1. The van der Waals surface area contributed by atoms with E-state index in [0.717, 1.165) is 51.5 Å². The van der Waals surface area contributed by atoms with Gasteiger partial charge in [-0.1, -0.05) is 18.5 Å². The number of hydrogen-bond acceptors (Lipinski definition) is 3. The van der Waals surface area contributed by atoms with E-state index in [4.69, 9.17) is 11.6 Å². The fraction of sp³-hybridized carbons (Fsp3) is 0.625. The summed E-state index contributed by atoms with van der Waals surface area (Å²) in [6.07, 6.45) is 1.26. The van der Waals surface area contributed by atoms with Crippen molar-refractivity contribution in [1.29, 1.82) is 0 Å². The van der Waals surface area contributed by atoms with Gasteiger partial charge in [-0.25, -0.2) is 4.39 Å². The van der Waals surface area contributed by atoms with Gasteiger partial charge in [0.2, 0.25) is 0 Å². The lowest BCUT2D eigenvalue weighted by molar-refractivity contribution is 0.169. The number of halogens is 2. The highest BCUT2D eigenvalue weighted by atomic mass is 35.5. The summed E-state index contributed by atoms with van der Waals surface area (Å²) in [5.41, 5.74) is 1.36. The van der Waals surface area contributed by atoms with Crippen LogP contribution in [0.5, 0.6) is 0 Å². The molecule has 1 N–H and O–H groups in total. The van der Waals surface area contributed by atoms with Gasteiger partial charge in [-0.05, 0) is 36.6 Å². The highest BCUT2D eigenvalue weighted by molar-refractivity contribution is 6.33. The van der Waals surface area contributed by atoms with Crippen LogP contribution < -0.4 is 10.2 Å². The van der Waals surface area contributed by atoms with Crippen LogP contribution in [0.4, 0.5) is 10.1 Å². The summed E-state index contributed by atoms with van der Waals surface area (Å²) in [5.74, 6) is -0.274. The lowest BCUT2D eigenvalue weighted by atomic mass is 9.89. The normalized spacial score (nSPS) is 27.3. The number of nitrogens with zero attached hydrogens (tertiary/aromatic N) is 2. The second-order valence-electron chi connectivity index (χ2n) is 6.60. The van der Waals surface area contributed by atoms with Gasteiger partial charge in [-0.2, -0.15) is 0 Å². The fourth-order valence-corrected chi connectivity index (χ4v) is 3.71. The molecule has 1 aromatic carbocycles. The summed E-state index contributed by atoms with van der Waals surface area (Å²) in [7, 11) is 0. The van der Waals surface area contributed by atoms with Crippen molar-refractivity contribution in [1.82, 2.24) is 10.2 Å². The van der Waals surface area contributed by atoms with Gasteiger partial charge in [-0.3, -0.25) is 4.90 Å². The van der Waals surface area contributed by atoms with Crippen molar-refractivity contribution in [3.8, 4) is 0 Å². The quantitative estimate of drug-likeness (QED) is 0.926. The van der Waals surface area contributed by atoms with Crippen LogP contribution in [-0.4, -0.2) is 50.7 Å². The third kappa shape index (κ3) is 3.50. The largest absolute Gasteiger partial charge is 0.368 e. The fourth-order valence-electron chi connectivity index (χ4n) is 3.43. The molecule has 1 aromatic rings. The van der Waals surface area contributed by atoms with Crippen LogP contribution in [0.1, 0.15) is 13.3 Å². The van der Waals surface area contributed by atoms with Crippen molar-refractivity contribution in [2.24, 2.45) is 5.41 Å². The maximum Gasteiger partial charge on any atom is 0.124 e. The molecule has 0 bridgehead atoms. The summed E-state index contributed by atoms with van der Waals surface area (Å²) >= 11 is 6.16. The molecule has 0 spiro atoms. The second kappa shape index (κ2) is 6.11. The molecule has 5 heteroatoms. The standard InChI is InChI=1S/C16H23ClFN3/c1-16(4-5-19-11-16)12-20-6-8-21(9-7-20)15-3-2-13(18)10-14(15)17/h2-3,10,19H,4-9,11-12H2,1H3. The third-order valence-electron chi connectivity index (χ3n) is 4.69. The lowest BCUT2D eigenvalue weighted by Gasteiger charge is -2.39. The van der Waals surface area contributed by atoms with E-state index in [-0.39, 0.29) is 5.82 Å². The Hall–Kier alpha value is -0.840. The summed E-state index contributed by atoms with van der Waals surface area (Å²) in [6, 6.07) is 4.67. The number of anilines is 1. The first-order valence-electron chi connectivity index (χ1n) is 7.69.